The normalized spacial score (nSPS) is 10.3. The highest BCUT2D eigenvalue weighted by Gasteiger charge is 2.04. The van der Waals surface area contributed by atoms with E-state index in [1.54, 1.807) is 26.4 Å². The molecule has 2 aromatic rings. The van der Waals surface area contributed by atoms with Crippen molar-refractivity contribution in [2.24, 2.45) is 0 Å². The number of ether oxygens (including phenoxy) is 2. The van der Waals surface area contributed by atoms with E-state index >= 15 is 0 Å². The second-order valence-corrected chi connectivity index (χ2v) is 4.45. The molecule has 106 valence electrons. The lowest BCUT2D eigenvalue weighted by atomic mass is 10.1. The Morgan fingerprint density at radius 3 is 2.55 bits per heavy atom. The second-order valence-electron chi connectivity index (χ2n) is 4.45. The van der Waals surface area contributed by atoms with E-state index in [0.29, 0.717) is 13.1 Å². The first-order valence-corrected chi connectivity index (χ1v) is 6.42. The number of hydrogen-bond acceptors (Lipinski definition) is 4. The van der Waals surface area contributed by atoms with Crippen LogP contribution in [0, 0.1) is 0 Å². The first kappa shape index (κ1) is 14.2. The van der Waals surface area contributed by atoms with Gasteiger partial charge in [0.2, 0.25) is 0 Å². The number of nitrogens with one attached hydrogen (secondary N) is 1. The summed E-state index contributed by atoms with van der Waals surface area (Å²) in [5.41, 5.74) is 2.10. The van der Waals surface area contributed by atoms with Crippen LogP contribution in [0.25, 0.3) is 0 Å². The Morgan fingerprint density at radius 2 is 1.85 bits per heavy atom. The number of aromatic hydroxyl groups is 1. The van der Waals surface area contributed by atoms with Gasteiger partial charge in [-0.15, -0.1) is 0 Å². The highest BCUT2D eigenvalue weighted by Crippen LogP contribution is 2.24. The number of rotatable bonds is 6. The molecule has 0 saturated carbocycles. The lowest BCUT2D eigenvalue weighted by Crippen LogP contribution is -2.13. The zero-order valence-electron chi connectivity index (χ0n) is 11.7. The van der Waals surface area contributed by atoms with E-state index in [1.165, 1.54) is 0 Å². The van der Waals surface area contributed by atoms with Crippen LogP contribution in [0.3, 0.4) is 0 Å². The van der Waals surface area contributed by atoms with Crippen molar-refractivity contribution in [3.05, 3.63) is 53.6 Å². The number of hydrogen-bond donors (Lipinski definition) is 2. The van der Waals surface area contributed by atoms with E-state index in [2.05, 4.69) is 5.32 Å². The fourth-order valence-electron chi connectivity index (χ4n) is 2.01. The second kappa shape index (κ2) is 6.82. The summed E-state index contributed by atoms with van der Waals surface area (Å²) < 4.78 is 10.5. The first-order valence-electron chi connectivity index (χ1n) is 6.42. The third kappa shape index (κ3) is 3.65. The van der Waals surface area contributed by atoms with E-state index in [-0.39, 0.29) is 5.75 Å². The molecule has 2 rings (SSSR count). The maximum Gasteiger partial charge on any atom is 0.127 e. The van der Waals surface area contributed by atoms with Crippen molar-refractivity contribution in [2.45, 2.75) is 13.1 Å². The Bertz CT molecular complexity index is 569. The molecule has 0 bridgehead atoms. The zero-order chi connectivity index (χ0) is 14.4. The van der Waals surface area contributed by atoms with Gasteiger partial charge in [-0.3, -0.25) is 0 Å². The molecule has 0 fully saturated rings. The summed E-state index contributed by atoms with van der Waals surface area (Å²) in [5, 5.41) is 12.7. The topological polar surface area (TPSA) is 50.7 Å². The summed E-state index contributed by atoms with van der Waals surface area (Å²) in [5.74, 6) is 1.86. The molecule has 0 aromatic heterocycles. The van der Waals surface area contributed by atoms with Crippen LogP contribution in [-0.4, -0.2) is 19.3 Å². The van der Waals surface area contributed by atoms with Crippen LogP contribution in [0.15, 0.2) is 42.5 Å². The van der Waals surface area contributed by atoms with Crippen molar-refractivity contribution >= 4 is 0 Å². The monoisotopic (exact) mass is 273 g/mol. The summed E-state index contributed by atoms with van der Waals surface area (Å²) >= 11 is 0. The Balaban J connectivity index is 1.97. The van der Waals surface area contributed by atoms with Gasteiger partial charge in [0.1, 0.15) is 17.2 Å². The van der Waals surface area contributed by atoms with Gasteiger partial charge in [-0.2, -0.15) is 0 Å². The van der Waals surface area contributed by atoms with Gasteiger partial charge in [-0.25, -0.2) is 0 Å². The molecule has 20 heavy (non-hydrogen) atoms. The van der Waals surface area contributed by atoms with Gasteiger partial charge >= 0.3 is 0 Å². The summed E-state index contributed by atoms with van der Waals surface area (Å²) in [6.45, 7) is 1.37. The minimum absolute atomic E-state index is 0.284. The van der Waals surface area contributed by atoms with Crippen LogP contribution in [0.1, 0.15) is 11.1 Å². The van der Waals surface area contributed by atoms with E-state index < -0.39 is 0 Å². The first-order chi connectivity index (χ1) is 9.72. The number of phenolic OH excluding ortho intramolecular Hbond substituents is 1. The van der Waals surface area contributed by atoms with Crippen molar-refractivity contribution in [3.63, 3.8) is 0 Å². The predicted molar refractivity (Wildman–Crippen MR) is 78.2 cm³/mol. The molecule has 2 N–H and O–H groups in total. The minimum Gasteiger partial charge on any atom is -0.508 e. The average Bonchev–Trinajstić information content (AvgIpc) is 2.47. The molecule has 0 heterocycles. The zero-order valence-corrected chi connectivity index (χ0v) is 11.7. The SMILES string of the molecule is COc1ccc(CNCc2cccc(O)c2)c(OC)c1. The van der Waals surface area contributed by atoms with Crippen LogP contribution in [-0.2, 0) is 13.1 Å². The lowest BCUT2D eigenvalue weighted by molar-refractivity contribution is 0.389. The van der Waals surface area contributed by atoms with Gasteiger partial charge in [0.25, 0.3) is 0 Å². The van der Waals surface area contributed by atoms with Gasteiger partial charge in [-0.05, 0) is 23.8 Å². The van der Waals surface area contributed by atoms with Crippen molar-refractivity contribution in [1.29, 1.82) is 0 Å². The van der Waals surface area contributed by atoms with Crippen LogP contribution in [0.4, 0.5) is 0 Å². The molecule has 0 amide bonds. The van der Waals surface area contributed by atoms with Gasteiger partial charge in [0.05, 0.1) is 14.2 Å². The standard InChI is InChI=1S/C16H19NO3/c1-19-15-7-6-13(16(9-15)20-2)11-17-10-12-4-3-5-14(18)8-12/h3-9,17-18H,10-11H2,1-2H3. The number of benzene rings is 2. The van der Waals surface area contributed by atoms with Crippen LogP contribution in [0.5, 0.6) is 17.2 Å². The molecule has 0 saturated heterocycles. The molecule has 0 spiro atoms. The Kier molecular flexibility index (Phi) is 4.85. The minimum atomic E-state index is 0.284. The van der Waals surface area contributed by atoms with Crippen molar-refractivity contribution in [1.82, 2.24) is 5.32 Å². The predicted octanol–water partition coefficient (Wildman–Crippen LogP) is 2.70. The molecule has 0 atom stereocenters. The molecule has 4 heteroatoms. The molecule has 0 radical (unpaired) electrons. The average molecular weight is 273 g/mol. The third-order valence-corrected chi connectivity index (χ3v) is 3.05. The van der Waals surface area contributed by atoms with Gasteiger partial charge in [0.15, 0.2) is 0 Å². The summed E-state index contributed by atoms with van der Waals surface area (Å²) in [7, 11) is 3.28. The fraction of sp³-hybridized carbons (Fsp3) is 0.250. The number of methoxy groups -OCH3 is 2. The largest absolute Gasteiger partial charge is 0.508 e. The van der Waals surface area contributed by atoms with E-state index in [0.717, 1.165) is 22.6 Å². The maximum atomic E-state index is 9.41. The van der Waals surface area contributed by atoms with Gasteiger partial charge < -0.3 is 19.9 Å². The molecule has 0 aliphatic heterocycles. The molecule has 0 aliphatic rings. The lowest BCUT2D eigenvalue weighted by Gasteiger charge is -2.11. The smallest absolute Gasteiger partial charge is 0.127 e. The highest BCUT2D eigenvalue weighted by atomic mass is 16.5. The third-order valence-electron chi connectivity index (χ3n) is 3.05. The summed E-state index contributed by atoms with van der Waals surface area (Å²) in [4.78, 5) is 0. The molecule has 0 unspecified atom stereocenters. The molecule has 0 aliphatic carbocycles. The van der Waals surface area contributed by atoms with E-state index in [4.69, 9.17) is 9.47 Å². The molecule has 2 aromatic carbocycles. The van der Waals surface area contributed by atoms with Gasteiger partial charge in [-0.1, -0.05) is 18.2 Å². The Labute approximate surface area is 119 Å². The van der Waals surface area contributed by atoms with Crippen molar-refractivity contribution < 1.29 is 14.6 Å². The quantitative estimate of drug-likeness (QED) is 0.849. The molecular formula is C16H19NO3. The van der Waals surface area contributed by atoms with Crippen molar-refractivity contribution in [2.75, 3.05) is 14.2 Å². The Hall–Kier alpha value is -2.20. The molecule has 4 nitrogen and oxygen atoms in total. The van der Waals surface area contributed by atoms with Crippen LogP contribution in [0.2, 0.25) is 0 Å². The molecular weight excluding hydrogens is 254 g/mol. The Morgan fingerprint density at radius 1 is 1.00 bits per heavy atom. The van der Waals surface area contributed by atoms with Crippen LogP contribution >= 0.6 is 0 Å². The van der Waals surface area contributed by atoms with Crippen LogP contribution < -0.4 is 14.8 Å². The maximum absolute atomic E-state index is 9.41. The van der Waals surface area contributed by atoms with E-state index in [1.807, 2.05) is 30.3 Å². The van der Waals surface area contributed by atoms with Gasteiger partial charge in [0, 0.05) is 24.7 Å². The van der Waals surface area contributed by atoms with Crippen molar-refractivity contribution in [3.8, 4) is 17.2 Å². The summed E-state index contributed by atoms with van der Waals surface area (Å²) in [6.07, 6.45) is 0. The van der Waals surface area contributed by atoms with E-state index in [9.17, 15) is 5.11 Å². The number of phenols is 1. The fourth-order valence-corrected chi connectivity index (χ4v) is 2.01. The summed E-state index contributed by atoms with van der Waals surface area (Å²) in [6, 6.07) is 13.0. The highest BCUT2D eigenvalue weighted by molar-refractivity contribution is 5.40.